The maximum absolute atomic E-state index is 3.77. The lowest BCUT2D eigenvalue weighted by Crippen LogP contribution is -2.40. The van der Waals surface area contributed by atoms with Gasteiger partial charge in [0.25, 0.3) is 0 Å². The fourth-order valence-electron chi connectivity index (χ4n) is 1.38. The molecule has 0 aliphatic heterocycles. The van der Waals surface area contributed by atoms with E-state index < -0.39 is 0 Å². The Labute approximate surface area is 80.9 Å². The molecule has 13 heavy (non-hydrogen) atoms. The van der Waals surface area contributed by atoms with Gasteiger partial charge in [-0.25, -0.2) is 0 Å². The van der Waals surface area contributed by atoms with Crippen LogP contribution >= 0.6 is 0 Å². The molecule has 0 N–H and O–H groups in total. The van der Waals surface area contributed by atoms with Crippen molar-refractivity contribution in [3.63, 3.8) is 0 Å². The lowest BCUT2D eigenvalue weighted by Gasteiger charge is -2.27. The molecule has 0 heterocycles. The highest BCUT2D eigenvalue weighted by molar-refractivity contribution is 5.43. The van der Waals surface area contributed by atoms with Crippen molar-refractivity contribution in [3.05, 3.63) is 42.5 Å². The van der Waals surface area contributed by atoms with Gasteiger partial charge in [-0.3, -0.25) is 4.48 Å². The minimum atomic E-state index is 0.865. The fraction of sp³-hybridized carbons (Fsp3) is 0.333. The summed E-state index contributed by atoms with van der Waals surface area (Å²) < 4.78 is 0.865. The third-order valence-corrected chi connectivity index (χ3v) is 2.32. The second-order valence-corrected chi connectivity index (χ2v) is 3.99. The van der Waals surface area contributed by atoms with Crippen LogP contribution in [0.1, 0.15) is 5.56 Å². The van der Waals surface area contributed by atoms with Crippen LogP contribution in [0.25, 0.3) is 0 Å². The molecule has 0 bridgehead atoms. The van der Waals surface area contributed by atoms with Crippen LogP contribution in [-0.2, 0) is 0 Å². The first kappa shape index (κ1) is 10.0. The van der Waals surface area contributed by atoms with E-state index in [2.05, 4.69) is 51.9 Å². The van der Waals surface area contributed by atoms with Gasteiger partial charge in [0.1, 0.15) is 12.2 Å². The van der Waals surface area contributed by atoms with Gasteiger partial charge in [0.15, 0.2) is 0 Å². The first-order valence-corrected chi connectivity index (χ1v) is 4.57. The van der Waals surface area contributed by atoms with E-state index in [0.29, 0.717) is 0 Å². The zero-order chi connectivity index (χ0) is 9.90. The van der Waals surface area contributed by atoms with E-state index in [1.165, 1.54) is 11.3 Å². The number of hydrogen-bond donors (Lipinski definition) is 0. The molecule has 0 amide bonds. The highest BCUT2D eigenvalue weighted by Crippen LogP contribution is 2.18. The van der Waals surface area contributed by atoms with Gasteiger partial charge in [-0.15, -0.1) is 0 Å². The molecular weight excluding hydrogens is 158 g/mol. The highest BCUT2D eigenvalue weighted by atomic mass is 15.3. The molecule has 0 fully saturated rings. The van der Waals surface area contributed by atoms with Gasteiger partial charge in [-0.2, -0.15) is 0 Å². The number of likely N-dealkylation sites (N-methyl/N-ethyl adjacent to an activating group) is 1. The Balaban J connectivity index is 2.93. The monoisotopic (exact) mass is 176 g/mol. The van der Waals surface area contributed by atoms with E-state index in [-0.39, 0.29) is 0 Å². The Morgan fingerprint density at radius 1 is 1.23 bits per heavy atom. The van der Waals surface area contributed by atoms with Crippen LogP contribution in [0.15, 0.2) is 36.9 Å². The van der Waals surface area contributed by atoms with Gasteiger partial charge < -0.3 is 0 Å². The number of rotatable bonds is 3. The molecule has 1 aromatic carbocycles. The molecule has 0 saturated heterocycles. The second-order valence-electron chi connectivity index (χ2n) is 3.99. The van der Waals surface area contributed by atoms with Crippen LogP contribution in [0.4, 0.5) is 5.69 Å². The summed E-state index contributed by atoms with van der Waals surface area (Å²) >= 11 is 0. The zero-order valence-electron chi connectivity index (χ0n) is 8.75. The Morgan fingerprint density at radius 2 is 1.77 bits per heavy atom. The average Bonchev–Trinajstić information content (AvgIpc) is 2.05. The third kappa shape index (κ3) is 2.43. The predicted molar refractivity (Wildman–Crippen MR) is 59.9 cm³/mol. The molecule has 0 saturated carbocycles. The van der Waals surface area contributed by atoms with Crippen LogP contribution in [0.3, 0.4) is 0 Å². The molecule has 1 heteroatoms. The summed E-state index contributed by atoms with van der Waals surface area (Å²) in [4.78, 5) is 0. The first-order valence-electron chi connectivity index (χ1n) is 4.57. The molecule has 0 aliphatic carbocycles. The largest absolute Gasteiger partial charge is 0.293 e. The Morgan fingerprint density at radius 3 is 2.23 bits per heavy atom. The smallest absolute Gasteiger partial charge is 0.132 e. The average molecular weight is 176 g/mol. The summed E-state index contributed by atoms with van der Waals surface area (Å²) in [5, 5.41) is 0. The molecular formula is C12H18N+. The zero-order valence-corrected chi connectivity index (χ0v) is 8.75. The normalized spacial score (nSPS) is 11.3. The molecule has 0 spiro atoms. The van der Waals surface area contributed by atoms with Crippen LogP contribution in [0.2, 0.25) is 0 Å². The van der Waals surface area contributed by atoms with E-state index in [0.717, 1.165) is 11.0 Å². The van der Waals surface area contributed by atoms with E-state index in [1.807, 2.05) is 6.08 Å². The molecule has 1 aromatic rings. The molecule has 0 aromatic heterocycles. The van der Waals surface area contributed by atoms with E-state index in [9.17, 15) is 0 Å². The maximum atomic E-state index is 3.77. The number of hydrogen-bond acceptors (Lipinski definition) is 0. The lowest BCUT2D eigenvalue weighted by molar-refractivity contribution is 0.442. The van der Waals surface area contributed by atoms with Crippen molar-refractivity contribution in [2.45, 2.75) is 6.92 Å². The van der Waals surface area contributed by atoms with Crippen molar-refractivity contribution >= 4 is 5.69 Å². The van der Waals surface area contributed by atoms with Crippen LogP contribution in [-0.4, -0.2) is 20.6 Å². The summed E-state index contributed by atoms with van der Waals surface area (Å²) in [6.45, 7) is 6.84. The SMILES string of the molecule is C=CC[N+](C)(C)c1ccc(C)cc1. The van der Waals surface area contributed by atoms with Crippen molar-refractivity contribution in [2.24, 2.45) is 0 Å². The van der Waals surface area contributed by atoms with Gasteiger partial charge in [0.05, 0.1) is 14.1 Å². The minimum absolute atomic E-state index is 0.865. The van der Waals surface area contributed by atoms with E-state index in [1.54, 1.807) is 0 Å². The Hall–Kier alpha value is -1.08. The molecule has 1 nitrogen and oxygen atoms in total. The van der Waals surface area contributed by atoms with Crippen LogP contribution < -0.4 is 4.48 Å². The fourth-order valence-corrected chi connectivity index (χ4v) is 1.38. The molecule has 0 atom stereocenters. The van der Waals surface area contributed by atoms with Crippen molar-refractivity contribution in [2.75, 3.05) is 20.6 Å². The van der Waals surface area contributed by atoms with Gasteiger partial charge in [0.2, 0.25) is 0 Å². The van der Waals surface area contributed by atoms with Gasteiger partial charge in [-0.05, 0) is 25.1 Å². The summed E-state index contributed by atoms with van der Waals surface area (Å²) in [5.41, 5.74) is 2.63. The van der Waals surface area contributed by atoms with E-state index >= 15 is 0 Å². The van der Waals surface area contributed by atoms with Crippen LogP contribution in [0, 0.1) is 6.92 Å². The summed E-state index contributed by atoms with van der Waals surface area (Å²) in [6.07, 6.45) is 1.96. The number of benzene rings is 1. The number of quaternary nitrogens is 1. The van der Waals surface area contributed by atoms with Crippen molar-refractivity contribution in [3.8, 4) is 0 Å². The molecule has 1 rings (SSSR count). The molecule has 0 aliphatic rings. The molecule has 0 radical (unpaired) electrons. The minimum Gasteiger partial charge on any atom is -0.293 e. The van der Waals surface area contributed by atoms with Crippen molar-refractivity contribution < 1.29 is 0 Å². The summed E-state index contributed by atoms with van der Waals surface area (Å²) in [6, 6.07) is 8.66. The Bertz CT molecular complexity index is 282. The van der Waals surface area contributed by atoms with Crippen LogP contribution in [0.5, 0.6) is 0 Å². The predicted octanol–water partition coefficient (Wildman–Crippen LogP) is 2.75. The lowest BCUT2D eigenvalue weighted by atomic mass is 10.2. The Kier molecular flexibility index (Phi) is 2.89. The highest BCUT2D eigenvalue weighted by Gasteiger charge is 2.15. The van der Waals surface area contributed by atoms with Gasteiger partial charge in [-0.1, -0.05) is 24.3 Å². The van der Waals surface area contributed by atoms with Gasteiger partial charge in [0, 0.05) is 0 Å². The molecule has 70 valence electrons. The van der Waals surface area contributed by atoms with E-state index in [4.69, 9.17) is 0 Å². The number of nitrogens with zero attached hydrogens (tertiary/aromatic N) is 1. The second kappa shape index (κ2) is 3.75. The molecule has 0 unspecified atom stereocenters. The third-order valence-electron chi connectivity index (χ3n) is 2.32. The summed E-state index contributed by atoms with van der Waals surface area (Å²) in [5.74, 6) is 0. The summed E-state index contributed by atoms with van der Waals surface area (Å²) in [7, 11) is 4.37. The standard InChI is InChI=1S/C12H18N/c1-5-10-13(3,4)12-8-6-11(2)7-9-12/h5-9H,1,10H2,2-4H3/q+1. The van der Waals surface area contributed by atoms with Crippen molar-refractivity contribution in [1.82, 2.24) is 4.48 Å². The number of aryl methyl sites for hydroxylation is 1. The topological polar surface area (TPSA) is 0 Å². The first-order chi connectivity index (χ1) is 6.06. The quantitative estimate of drug-likeness (QED) is 0.490. The van der Waals surface area contributed by atoms with Gasteiger partial charge >= 0.3 is 0 Å². The van der Waals surface area contributed by atoms with Crippen molar-refractivity contribution in [1.29, 1.82) is 0 Å². The maximum Gasteiger partial charge on any atom is 0.132 e.